The fourth-order valence-electron chi connectivity index (χ4n) is 4.23. The Balaban J connectivity index is 1.62. The molecule has 1 aromatic carbocycles. The molecule has 3 atom stereocenters. The van der Waals surface area contributed by atoms with Crippen LogP contribution in [0.4, 0.5) is 4.39 Å². The van der Waals surface area contributed by atoms with Crippen molar-refractivity contribution in [3.05, 3.63) is 29.6 Å². The molecule has 1 aromatic rings. The first kappa shape index (κ1) is 12.6. The molecule has 1 aliphatic heterocycles. The smallest absolute Gasteiger partial charge is 0.126 e. The number of hydrogen-bond acceptors (Lipinski definition) is 2. The summed E-state index contributed by atoms with van der Waals surface area (Å²) in [6, 6.07) is 4.51. The highest BCUT2D eigenvalue weighted by Crippen LogP contribution is 2.52. The summed E-state index contributed by atoms with van der Waals surface area (Å²) in [6.07, 6.45) is 7.33. The van der Waals surface area contributed by atoms with Crippen LogP contribution in [-0.2, 0) is 0 Å². The molecule has 4 rings (SSSR count). The fraction of sp³-hybridized carbons (Fsp3) is 0.647. The highest BCUT2D eigenvalue weighted by atomic mass is 19.1. The molecule has 1 spiro atoms. The van der Waals surface area contributed by atoms with Crippen molar-refractivity contribution >= 4 is 0 Å². The molecule has 108 valence electrons. The highest BCUT2D eigenvalue weighted by Gasteiger charge is 2.47. The van der Waals surface area contributed by atoms with Crippen molar-refractivity contribution in [2.24, 2.45) is 11.8 Å². The highest BCUT2D eigenvalue weighted by molar-refractivity contribution is 5.38. The Labute approximate surface area is 119 Å². The second-order valence-electron chi connectivity index (χ2n) is 6.88. The minimum absolute atomic E-state index is 0.213. The zero-order chi connectivity index (χ0) is 13.7. The van der Waals surface area contributed by atoms with Crippen LogP contribution in [0.15, 0.2) is 18.2 Å². The first-order valence-corrected chi connectivity index (χ1v) is 7.82. The van der Waals surface area contributed by atoms with Crippen LogP contribution in [0.5, 0.6) is 5.75 Å². The molecule has 0 aromatic heterocycles. The van der Waals surface area contributed by atoms with Crippen molar-refractivity contribution in [2.75, 3.05) is 0 Å². The van der Waals surface area contributed by atoms with Gasteiger partial charge in [0, 0.05) is 12.0 Å². The van der Waals surface area contributed by atoms with Gasteiger partial charge in [-0.3, -0.25) is 0 Å². The van der Waals surface area contributed by atoms with E-state index < -0.39 is 6.10 Å². The van der Waals surface area contributed by atoms with E-state index in [1.807, 2.05) is 0 Å². The van der Waals surface area contributed by atoms with Gasteiger partial charge in [-0.25, -0.2) is 4.39 Å². The van der Waals surface area contributed by atoms with Crippen LogP contribution in [0.1, 0.15) is 56.6 Å². The number of halogens is 1. The number of hydrogen-bond donors (Lipinski definition) is 1. The normalized spacial score (nSPS) is 36.5. The summed E-state index contributed by atoms with van der Waals surface area (Å²) in [7, 11) is 0. The molecular weight excluding hydrogens is 255 g/mol. The standard InChI is InChI=1S/C17H21FO2/c18-13-5-6-16-14(8-13)15(19)10-17(20-16)7-1-2-12(9-17)11-3-4-11/h5-6,8,11-12,15,19H,1-4,7,9-10H2/t12?,15-,17?/m0/s1. The molecule has 0 bridgehead atoms. The molecule has 2 unspecified atom stereocenters. The topological polar surface area (TPSA) is 29.5 Å². The molecule has 20 heavy (non-hydrogen) atoms. The van der Waals surface area contributed by atoms with Gasteiger partial charge in [0.15, 0.2) is 0 Å². The Kier molecular flexibility index (Phi) is 2.81. The van der Waals surface area contributed by atoms with E-state index >= 15 is 0 Å². The summed E-state index contributed by atoms with van der Waals surface area (Å²) < 4.78 is 19.6. The van der Waals surface area contributed by atoms with E-state index in [4.69, 9.17) is 4.74 Å². The lowest BCUT2D eigenvalue weighted by Gasteiger charge is -2.45. The van der Waals surface area contributed by atoms with Crippen molar-refractivity contribution in [3.8, 4) is 5.75 Å². The quantitative estimate of drug-likeness (QED) is 0.840. The molecule has 0 radical (unpaired) electrons. The Morgan fingerprint density at radius 3 is 2.80 bits per heavy atom. The van der Waals surface area contributed by atoms with E-state index in [-0.39, 0.29) is 11.4 Å². The van der Waals surface area contributed by atoms with Crippen LogP contribution >= 0.6 is 0 Å². The Bertz CT molecular complexity index is 526. The third kappa shape index (κ3) is 2.12. The number of rotatable bonds is 1. The lowest BCUT2D eigenvalue weighted by molar-refractivity contribution is -0.0545. The van der Waals surface area contributed by atoms with E-state index in [9.17, 15) is 9.50 Å². The Hall–Kier alpha value is -1.09. The first-order chi connectivity index (χ1) is 9.65. The Morgan fingerprint density at radius 2 is 2.00 bits per heavy atom. The fourth-order valence-corrected chi connectivity index (χ4v) is 4.23. The Morgan fingerprint density at radius 1 is 1.15 bits per heavy atom. The zero-order valence-corrected chi connectivity index (χ0v) is 11.6. The predicted molar refractivity (Wildman–Crippen MR) is 74.0 cm³/mol. The van der Waals surface area contributed by atoms with Gasteiger partial charge in [0.2, 0.25) is 0 Å². The lowest BCUT2D eigenvalue weighted by Crippen LogP contribution is -2.45. The van der Waals surface area contributed by atoms with Gasteiger partial charge in [-0.05, 0) is 68.6 Å². The van der Waals surface area contributed by atoms with Gasteiger partial charge in [-0.15, -0.1) is 0 Å². The molecule has 1 N–H and O–H groups in total. The van der Waals surface area contributed by atoms with Crippen molar-refractivity contribution in [3.63, 3.8) is 0 Å². The third-order valence-corrected chi connectivity index (χ3v) is 5.35. The largest absolute Gasteiger partial charge is 0.487 e. The number of aliphatic hydroxyl groups is 1. The number of benzene rings is 1. The minimum atomic E-state index is -0.590. The molecule has 3 aliphatic rings. The minimum Gasteiger partial charge on any atom is -0.487 e. The van der Waals surface area contributed by atoms with Gasteiger partial charge in [0.25, 0.3) is 0 Å². The maximum atomic E-state index is 13.3. The van der Waals surface area contributed by atoms with E-state index in [1.54, 1.807) is 6.07 Å². The molecule has 2 saturated carbocycles. The maximum absolute atomic E-state index is 13.3. The van der Waals surface area contributed by atoms with Gasteiger partial charge in [-0.1, -0.05) is 0 Å². The third-order valence-electron chi connectivity index (χ3n) is 5.35. The molecule has 3 heteroatoms. The molecule has 0 saturated heterocycles. The number of aliphatic hydroxyl groups excluding tert-OH is 1. The van der Waals surface area contributed by atoms with Crippen LogP contribution < -0.4 is 4.74 Å². The van der Waals surface area contributed by atoms with Crippen molar-refractivity contribution < 1.29 is 14.2 Å². The zero-order valence-electron chi connectivity index (χ0n) is 11.6. The van der Waals surface area contributed by atoms with Gasteiger partial charge in [0.05, 0.1) is 6.10 Å². The summed E-state index contributed by atoms with van der Waals surface area (Å²) in [6.45, 7) is 0. The summed E-state index contributed by atoms with van der Waals surface area (Å²) in [5, 5.41) is 10.4. The van der Waals surface area contributed by atoms with Gasteiger partial charge < -0.3 is 9.84 Å². The van der Waals surface area contributed by atoms with Gasteiger partial charge >= 0.3 is 0 Å². The molecule has 2 fully saturated rings. The average molecular weight is 276 g/mol. The van der Waals surface area contributed by atoms with E-state index in [0.29, 0.717) is 17.7 Å². The van der Waals surface area contributed by atoms with E-state index in [1.165, 1.54) is 37.8 Å². The monoisotopic (exact) mass is 276 g/mol. The molecule has 0 amide bonds. The molecule has 2 nitrogen and oxygen atoms in total. The maximum Gasteiger partial charge on any atom is 0.126 e. The molecule has 1 heterocycles. The summed E-state index contributed by atoms with van der Waals surface area (Å²) >= 11 is 0. The van der Waals surface area contributed by atoms with Crippen molar-refractivity contribution in [1.29, 1.82) is 0 Å². The van der Waals surface area contributed by atoms with Crippen molar-refractivity contribution in [2.45, 2.75) is 56.7 Å². The number of ether oxygens (including phenoxy) is 1. The van der Waals surface area contributed by atoms with Crippen LogP contribution in [0.2, 0.25) is 0 Å². The first-order valence-electron chi connectivity index (χ1n) is 7.82. The van der Waals surface area contributed by atoms with Crippen LogP contribution in [0.3, 0.4) is 0 Å². The second kappa shape index (κ2) is 4.45. The summed E-state index contributed by atoms with van der Waals surface area (Å²) in [5.74, 6) is 2.03. The van der Waals surface area contributed by atoms with Crippen molar-refractivity contribution in [1.82, 2.24) is 0 Å². The average Bonchev–Trinajstić information content (AvgIpc) is 3.24. The molecular formula is C17H21FO2. The van der Waals surface area contributed by atoms with Crippen LogP contribution in [0.25, 0.3) is 0 Å². The van der Waals surface area contributed by atoms with Gasteiger partial charge in [-0.2, -0.15) is 0 Å². The SMILES string of the molecule is O[C@H]1CC2(CCCC(C3CC3)C2)Oc2ccc(F)cc21. The summed E-state index contributed by atoms with van der Waals surface area (Å²) in [4.78, 5) is 0. The summed E-state index contributed by atoms with van der Waals surface area (Å²) in [5.41, 5.74) is 0.402. The van der Waals surface area contributed by atoms with Gasteiger partial charge in [0.1, 0.15) is 17.2 Å². The van der Waals surface area contributed by atoms with E-state index in [2.05, 4.69) is 0 Å². The lowest BCUT2D eigenvalue weighted by atomic mass is 9.72. The van der Waals surface area contributed by atoms with E-state index in [0.717, 1.165) is 24.7 Å². The number of fused-ring (bicyclic) bond motifs is 1. The van der Waals surface area contributed by atoms with Crippen LogP contribution in [0, 0.1) is 17.7 Å². The van der Waals surface area contributed by atoms with Crippen LogP contribution in [-0.4, -0.2) is 10.7 Å². The predicted octanol–water partition coefficient (Wildman–Crippen LogP) is 3.98. The molecule has 2 aliphatic carbocycles. The second-order valence-corrected chi connectivity index (χ2v) is 6.88.